The number of hydrogen-bond acceptors (Lipinski definition) is 4. The van der Waals surface area contributed by atoms with Crippen molar-refractivity contribution in [1.82, 2.24) is 0 Å². The van der Waals surface area contributed by atoms with E-state index in [1.54, 1.807) is 0 Å². The van der Waals surface area contributed by atoms with Gasteiger partial charge < -0.3 is 15.5 Å². The van der Waals surface area contributed by atoms with Crippen LogP contribution in [0.5, 0.6) is 0 Å². The predicted octanol–water partition coefficient (Wildman–Crippen LogP) is 0.462. The van der Waals surface area contributed by atoms with Crippen molar-refractivity contribution in [3.8, 4) is 6.07 Å². The van der Waals surface area contributed by atoms with Gasteiger partial charge in [0.2, 0.25) is 0 Å². The Morgan fingerprint density at radius 1 is 1.53 bits per heavy atom. The van der Waals surface area contributed by atoms with E-state index in [9.17, 15) is 4.39 Å². The fourth-order valence-electron chi connectivity index (χ4n) is 1.02. The average molecular weight is 210 g/mol. The number of rotatable bonds is 4. The summed E-state index contributed by atoms with van der Waals surface area (Å²) in [5, 5.41) is 28.7. The Morgan fingerprint density at radius 2 is 2.27 bits per heavy atom. The van der Waals surface area contributed by atoms with Crippen LogP contribution >= 0.6 is 0 Å². The lowest BCUT2D eigenvalue weighted by molar-refractivity contribution is 0.105. The lowest BCUT2D eigenvalue weighted by Crippen LogP contribution is -2.23. The Labute approximate surface area is 86.6 Å². The van der Waals surface area contributed by atoms with Crippen molar-refractivity contribution < 1.29 is 14.6 Å². The molecule has 0 heterocycles. The second-order valence-electron chi connectivity index (χ2n) is 3.02. The van der Waals surface area contributed by atoms with Crippen LogP contribution in [-0.2, 0) is 0 Å². The van der Waals surface area contributed by atoms with E-state index >= 15 is 0 Å². The van der Waals surface area contributed by atoms with Crippen LogP contribution in [0, 0.1) is 17.1 Å². The van der Waals surface area contributed by atoms with Crippen LogP contribution in [0.1, 0.15) is 5.56 Å². The first kappa shape index (κ1) is 11.4. The highest BCUT2D eigenvalue weighted by Crippen LogP contribution is 2.14. The number of aliphatic hydroxyl groups excluding tert-OH is 2. The largest absolute Gasteiger partial charge is 0.394 e. The quantitative estimate of drug-likeness (QED) is 0.675. The first-order valence-electron chi connectivity index (χ1n) is 4.40. The number of aliphatic hydroxyl groups is 2. The van der Waals surface area contributed by atoms with Gasteiger partial charge in [0.05, 0.1) is 30.0 Å². The molecule has 80 valence electrons. The van der Waals surface area contributed by atoms with Crippen LogP contribution in [0.2, 0.25) is 0 Å². The second-order valence-corrected chi connectivity index (χ2v) is 3.02. The minimum atomic E-state index is -0.931. The van der Waals surface area contributed by atoms with Crippen LogP contribution in [-0.4, -0.2) is 29.5 Å². The Bertz CT molecular complexity index is 376. The third-order valence-electron chi connectivity index (χ3n) is 1.84. The smallest absolute Gasteiger partial charge is 0.147 e. The molecule has 0 aliphatic carbocycles. The van der Waals surface area contributed by atoms with E-state index in [1.807, 2.05) is 6.07 Å². The second kappa shape index (κ2) is 5.29. The molecule has 1 aromatic carbocycles. The van der Waals surface area contributed by atoms with Gasteiger partial charge in [0.25, 0.3) is 0 Å². The number of anilines is 1. The lowest BCUT2D eigenvalue weighted by atomic mass is 10.2. The molecule has 0 saturated carbocycles. The van der Waals surface area contributed by atoms with Crippen molar-refractivity contribution >= 4 is 5.69 Å². The summed E-state index contributed by atoms with van der Waals surface area (Å²) in [6.45, 7) is -0.329. The van der Waals surface area contributed by atoms with Crippen molar-refractivity contribution in [1.29, 1.82) is 5.26 Å². The highest BCUT2D eigenvalue weighted by molar-refractivity contribution is 5.48. The fourth-order valence-corrected chi connectivity index (χ4v) is 1.02. The number of benzene rings is 1. The van der Waals surface area contributed by atoms with Crippen molar-refractivity contribution in [2.45, 2.75) is 6.10 Å². The number of halogens is 1. The summed E-state index contributed by atoms with van der Waals surface area (Å²) in [6, 6.07) is 5.80. The number of nitrogens with one attached hydrogen (secondary N) is 1. The summed E-state index contributed by atoms with van der Waals surface area (Å²) in [4.78, 5) is 0. The van der Waals surface area contributed by atoms with Crippen LogP contribution in [0.25, 0.3) is 0 Å². The summed E-state index contributed by atoms with van der Waals surface area (Å²) in [5.74, 6) is -0.556. The van der Waals surface area contributed by atoms with Gasteiger partial charge >= 0.3 is 0 Å². The van der Waals surface area contributed by atoms with Gasteiger partial charge in [0.1, 0.15) is 5.82 Å². The van der Waals surface area contributed by atoms with Gasteiger partial charge in [-0.25, -0.2) is 4.39 Å². The summed E-state index contributed by atoms with van der Waals surface area (Å²) in [6.07, 6.45) is -0.931. The predicted molar refractivity (Wildman–Crippen MR) is 52.7 cm³/mol. The third kappa shape index (κ3) is 3.20. The molecule has 0 saturated heterocycles. The zero-order valence-electron chi connectivity index (χ0n) is 7.94. The van der Waals surface area contributed by atoms with Gasteiger partial charge in [-0.1, -0.05) is 0 Å². The molecular formula is C10H11FN2O2. The maximum atomic E-state index is 13.2. The maximum Gasteiger partial charge on any atom is 0.147 e. The van der Waals surface area contributed by atoms with Gasteiger partial charge in [-0.3, -0.25) is 0 Å². The van der Waals surface area contributed by atoms with Gasteiger partial charge in [0, 0.05) is 6.54 Å². The molecule has 0 radical (unpaired) electrons. The SMILES string of the molecule is N#Cc1ccc(NCC(O)CO)c(F)c1. The zero-order chi connectivity index (χ0) is 11.3. The first-order valence-corrected chi connectivity index (χ1v) is 4.40. The minimum absolute atomic E-state index is 0.0549. The van der Waals surface area contributed by atoms with Crippen LogP contribution in [0.15, 0.2) is 18.2 Å². The molecule has 0 aliphatic heterocycles. The standard InChI is InChI=1S/C10H11FN2O2/c11-9-3-7(4-12)1-2-10(9)13-5-8(15)6-14/h1-3,8,13-15H,5-6H2. The molecule has 1 unspecified atom stereocenters. The highest BCUT2D eigenvalue weighted by Gasteiger charge is 2.05. The Kier molecular flexibility index (Phi) is 4.03. The summed E-state index contributed by atoms with van der Waals surface area (Å²) < 4.78 is 13.2. The van der Waals surface area contributed by atoms with Gasteiger partial charge in [-0.2, -0.15) is 5.26 Å². The molecule has 15 heavy (non-hydrogen) atoms. The number of nitriles is 1. The molecule has 1 aromatic rings. The van der Waals surface area contributed by atoms with Crippen molar-refractivity contribution in [3.05, 3.63) is 29.6 Å². The monoisotopic (exact) mass is 210 g/mol. The first-order chi connectivity index (χ1) is 7.17. The third-order valence-corrected chi connectivity index (χ3v) is 1.84. The van der Waals surface area contributed by atoms with E-state index in [4.69, 9.17) is 15.5 Å². The molecule has 0 fully saturated rings. The lowest BCUT2D eigenvalue weighted by Gasteiger charge is -2.10. The minimum Gasteiger partial charge on any atom is -0.394 e. The molecule has 0 bridgehead atoms. The summed E-state index contributed by atoms with van der Waals surface area (Å²) in [5.41, 5.74) is 0.433. The molecule has 3 N–H and O–H groups in total. The Balaban J connectivity index is 2.67. The Morgan fingerprint density at radius 3 is 2.80 bits per heavy atom. The maximum absolute atomic E-state index is 13.2. The number of nitrogens with zero attached hydrogens (tertiary/aromatic N) is 1. The van der Waals surface area contributed by atoms with Gasteiger partial charge in [0.15, 0.2) is 0 Å². The highest BCUT2D eigenvalue weighted by atomic mass is 19.1. The van der Waals surface area contributed by atoms with E-state index in [1.165, 1.54) is 12.1 Å². The molecule has 0 spiro atoms. The zero-order valence-corrected chi connectivity index (χ0v) is 7.94. The topological polar surface area (TPSA) is 76.3 Å². The number of hydrogen-bond donors (Lipinski definition) is 3. The Hall–Kier alpha value is -1.64. The fraction of sp³-hybridized carbons (Fsp3) is 0.300. The summed E-state index contributed by atoms with van der Waals surface area (Å²) >= 11 is 0. The van der Waals surface area contributed by atoms with E-state index in [-0.39, 0.29) is 24.4 Å². The van der Waals surface area contributed by atoms with Crippen LogP contribution < -0.4 is 5.32 Å². The van der Waals surface area contributed by atoms with Crippen molar-refractivity contribution in [3.63, 3.8) is 0 Å². The van der Waals surface area contributed by atoms with E-state index in [2.05, 4.69) is 5.32 Å². The molecule has 0 aromatic heterocycles. The van der Waals surface area contributed by atoms with E-state index in [0.29, 0.717) is 0 Å². The summed E-state index contributed by atoms with van der Waals surface area (Å²) in [7, 11) is 0. The van der Waals surface area contributed by atoms with Crippen LogP contribution in [0.3, 0.4) is 0 Å². The molecule has 1 rings (SSSR count). The molecule has 1 atom stereocenters. The molecule has 0 amide bonds. The molecule has 5 heteroatoms. The molecular weight excluding hydrogens is 199 g/mol. The van der Waals surface area contributed by atoms with Gasteiger partial charge in [-0.15, -0.1) is 0 Å². The van der Waals surface area contributed by atoms with Crippen molar-refractivity contribution in [2.24, 2.45) is 0 Å². The molecule has 4 nitrogen and oxygen atoms in total. The van der Waals surface area contributed by atoms with E-state index < -0.39 is 11.9 Å². The molecule has 0 aliphatic rings. The van der Waals surface area contributed by atoms with Crippen molar-refractivity contribution in [2.75, 3.05) is 18.5 Å². The van der Waals surface area contributed by atoms with Gasteiger partial charge in [-0.05, 0) is 18.2 Å². The average Bonchev–Trinajstić information content (AvgIpc) is 2.26. The normalized spacial score (nSPS) is 11.9. The van der Waals surface area contributed by atoms with E-state index in [0.717, 1.165) is 6.07 Å². The van der Waals surface area contributed by atoms with Crippen LogP contribution in [0.4, 0.5) is 10.1 Å².